The Hall–Kier alpha value is -1.96. The maximum atomic E-state index is 5.22. The molecule has 1 aliphatic carbocycles. The second-order valence-corrected chi connectivity index (χ2v) is 5.10. The minimum atomic E-state index is 0.410. The number of anilines is 1. The van der Waals surface area contributed by atoms with E-state index in [4.69, 9.17) is 4.74 Å². The van der Waals surface area contributed by atoms with Crippen molar-refractivity contribution in [2.75, 3.05) is 12.4 Å². The van der Waals surface area contributed by atoms with Crippen LogP contribution in [0.3, 0.4) is 0 Å². The SMILES string of the molecule is COc1ccc(C(Nc2ccccc2)C2CC2)cc1. The summed E-state index contributed by atoms with van der Waals surface area (Å²) < 4.78 is 5.22. The molecule has 98 valence electrons. The van der Waals surface area contributed by atoms with Gasteiger partial charge in [-0.2, -0.15) is 0 Å². The number of benzene rings is 2. The lowest BCUT2D eigenvalue weighted by atomic mass is 10.0. The van der Waals surface area contributed by atoms with Crippen molar-refractivity contribution in [2.24, 2.45) is 5.92 Å². The van der Waals surface area contributed by atoms with Crippen LogP contribution in [0.5, 0.6) is 5.75 Å². The summed E-state index contributed by atoms with van der Waals surface area (Å²) in [4.78, 5) is 0. The molecular weight excluding hydrogens is 234 g/mol. The van der Waals surface area contributed by atoms with Crippen LogP contribution in [0.4, 0.5) is 5.69 Å². The maximum Gasteiger partial charge on any atom is 0.118 e. The van der Waals surface area contributed by atoms with Gasteiger partial charge in [0.05, 0.1) is 13.2 Å². The van der Waals surface area contributed by atoms with E-state index in [-0.39, 0.29) is 0 Å². The molecule has 2 aromatic rings. The Kier molecular flexibility index (Phi) is 3.41. The van der Waals surface area contributed by atoms with Gasteiger partial charge in [0.15, 0.2) is 0 Å². The van der Waals surface area contributed by atoms with Gasteiger partial charge >= 0.3 is 0 Å². The van der Waals surface area contributed by atoms with Crippen LogP contribution in [0.2, 0.25) is 0 Å². The number of para-hydroxylation sites is 1. The van der Waals surface area contributed by atoms with Crippen LogP contribution in [0, 0.1) is 5.92 Å². The Morgan fingerprint density at radius 2 is 1.68 bits per heavy atom. The molecule has 0 bridgehead atoms. The lowest BCUT2D eigenvalue weighted by molar-refractivity contribution is 0.414. The standard InChI is InChI=1S/C17H19NO/c1-19-16-11-9-14(10-12-16)17(13-7-8-13)18-15-5-3-2-4-6-15/h2-6,9-13,17-18H,7-8H2,1H3. The van der Waals surface area contributed by atoms with Gasteiger partial charge in [-0.25, -0.2) is 0 Å². The Morgan fingerprint density at radius 1 is 1.00 bits per heavy atom. The lowest BCUT2D eigenvalue weighted by Crippen LogP contribution is -2.12. The topological polar surface area (TPSA) is 21.3 Å². The highest BCUT2D eigenvalue weighted by atomic mass is 16.5. The molecule has 1 unspecified atom stereocenters. The van der Waals surface area contributed by atoms with Gasteiger partial charge < -0.3 is 10.1 Å². The quantitative estimate of drug-likeness (QED) is 0.859. The fraction of sp³-hybridized carbons (Fsp3) is 0.294. The summed E-state index contributed by atoms with van der Waals surface area (Å²) in [6, 6.07) is 19.3. The molecule has 3 rings (SSSR count). The average molecular weight is 253 g/mol. The largest absolute Gasteiger partial charge is 0.497 e. The molecule has 0 amide bonds. The molecule has 1 aliphatic rings. The van der Waals surface area contributed by atoms with Crippen LogP contribution in [0.25, 0.3) is 0 Å². The number of rotatable bonds is 5. The smallest absolute Gasteiger partial charge is 0.118 e. The number of nitrogens with one attached hydrogen (secondary N) is 1. The van der Waals surface area contributed by atoms with Crippen molar-refractivity contribution in [2.45, 2.75) is 18.9 Å². The highest BCUT2D eigenvalue weighted by molar-refractivity contribution is 5.46. The molecule has 0 aliphatic heterocycles. The molecule has 1 saturated carbocycles. The third-order valence-electron chi connectivity index (χ3n) is 3.66. The molecule has 1 atom stereocenters. The first-order valence-corrected chi connectivity index (χ1v) is 6.82. The van der Waals surface area contributed by atoms with Crippen molar-refractivity contribution in [1.82, 2.24) is 0 Å². The Balaban J connectivity index is 1.80. The summed E-state index contributed by atoms with van der Waals surface area (Å²) in [6.45, 7) is 0. The normalized spacial score (nSPS) is 15.8. The molecule has 1 fully saturated rings. The van der Waals surface area contributed by atoms with E-state index in [0.717, 1.165) is 11.7 Å². The Bertz CT molecular complexity index is 517. The van der Waals surface area contributed by atoms with Gasteiger partial charge in [0, 0.05) is 5.69 Å². The number of hydrogen-bond donors (Lipinski definition) is 1. The van der Waals surface area contributed by atoms with Crippen LogP contribution in [-0.2, 0) is 0 Å². The number of methoxy groups -OCH3 is 1. The molecule has 0 radical (unpaired) electrons. The van der Waals surface area contributed by atoms with Gasteiger partial charge in [0.1, 0.15) is 5.75 Å². The van der Waals surface area contributed by atoms with E-state index < -0.39 is 0 Å². The zero-order valence-corrected chi connectivity index (χ0v) is 11.2. The minimum Gasteiger partial charge on any atom is -0.497 e. The first-order valence-electron chi connectivity index (χ1n) is 6.82. The number of hydrogen-bond acceptors (Lipinski definition) is 2. The zero-order valence-electron chi connectivity index (χ0n) is 11.2. The summed E-state index contributed by atoms with van der Waals surface area (Å²) in [7, 11) is 1.70. The predicted molar refractivity (Wildman–Crippen MR) is 78.5 cm³/mol. The van der Waals surface area contributed by atoms with E-state index in [2.05, 4.69) is 41.7 Å². The van der Waals surface area contributed by atoms with Crippen LogP contribution >= 0.6 is 0 Å². The van der Waals surface area contributed by atoms with Crippen LogP contribution in [0.15, 0.2) is 54.6 Å². The maximum absolute atomic E-state index is 5.22. The Morgan fingerprint density at radius 3 is 2.26 bits per heavy atom. The lowest BCUT2D eigenvalue weighted by Gasteiger charge is -2.20. The molecule has 2 heteroatoms. The van der Waals surface area contributed by atoms with E-state index in [1.165, 1.54) is 24.1 Å². The van der Waals surface area contributed by atoms with Gasteiger partial charge in [0.2, 0.25) is 0 Å². The molecule has 2 aromatic carbocycles. The third-order valence-corrected chi connectivity index (χ3v) is 3.66. The van der Waals surface area contributed by atoms with Crippen molar-refractivity contribution in [3.63, 3.8) is 0 Å². The van der Waals surface area contributed by atoms with E-state index >= 15 is 0 Å². The monoisotopic (exact) mass is 253 g/mol. The molecule has 19 heavy (non-hydrogen) atoms. The van der Waals surface area contributed by atoms with Gasteiger partial charge in [0.25, 0.3) is 0 Å². The van der Waals surface area contributed by atoms with Gasteiger partial charge in [-0.15, -0.1) is 0 Å². The zero-order chi connectivity index (χ0) is 13.1. The third kappa shape index (κ3) is 2.90. The van der Waals surface area contributed by atoms with Gasteiger partial charge in [-0.3, -0.25) is 0 Å². The first kappa shape index (κ1) is 12.1. The fourth-order valence-electron chi connectivity index (χ4n) is 2.43. The minimum absolute atomic E-state index is 0.410. The van der Waals surface area contributed by atoms with E-state index in [1.807, 2.05) is 18.2 Å². The van der Waals surface area contributed by atoms with Gasteiger partial charge in [-0.1, -0.05) is 30.3 Å². The summed E-state index contributed by atoms with van der Waals surface area (Å²) >= 11 is 0. The summed E-state index contributed by atoms with van der Waals surface area (Å²) in [5, 5.41) is 3.65. The number of ether oxygens (including phenoxy) is 1. The molecule has 0 saturated heterocycles. The van der Waals surface area contributed by atoms with E-state index in [1.54, 1.807) is 7.11 Å². The molecule has 0 spiro atoms. The highest BCUT2D eigenvalue weighted by Crippen LogP contribution is 2.43. The van der Waals surface area contributed by atoms with Crippen LogP contribution in [-0.4, -0.2) is 7.11 Å². The van der Waals surface area contributed by atoms with E-state index in [9.17, 15) is 0 Å². The average Bonchev–Trinajstić information content (AvgIpc) is 3.31. The second-order valence-electron chi connectivity index (χ2n) is 5.10. The highest BCUT2D eigenvalue weighted by Gasteiger charge is 2.32. The molecule has 0 heterocycles. The van der Waals surface area contributed by atoms with E-state index in [0.29, 0.717) is 6.04 Å². The van der Waals surface area contributed by atoms with Crippen molar-refractivity contribution in [3.8, 4) is 5.75 Å². The van der Waals surface area contributed by atoms with Crippen LogP contribution < -0.4 is 10.1 Å². The summed E-state index contributed by atoms with van der Waals surface area (Å²) in [6.07, 6.45) is 2.63. The van der Waals surface area contributed by atoms with Crippen molar-refractivity contribution >= 4 is 5.69 Å². The van der Waals surface area contributed by atoms with Crippen LogP contribution in [0.1, 0.15) is 24.4 Å². The molecule has 0 aromatic heterocycles. The van der Waals surface area contributed by atoms with Crippen molar-refractivity contribution in [1.29, 1.82) is 0 Å². The Labute approximate surface area is 114 Å². The summed E-state index contributed by atoms with van der Waals surface area (Å²) in [5.74, 6) is 1.67. The molecule has 1 N–H and O–H groups in total. The first-order chi connectivity index (χ1) is 9.36. The van der Waals surface area contributed by atoms with Gasteiger partial charge in [-0.05, 0) is 48.6 Å². The molecule has 2 nitrogen and oxygen atoms in total. The predicted octanol–water partition coefficient (Wildman–Crippen LogP) is 4.26. The van der Waals surface area contributed by atoms with Crippen molar-refractivity contribution in [3.05, 3.63) is 60.2 Å². The second kappa shape index (κ2) is 5.35. The summed E-state index contributed by atoms with van der Waals surface area (Å²) in [5.41, 5.74) is 2.53. The van der Waals surface area contributed by atoms with Crippen molar-refractivity contribution < 1.29 is 4.74 Å². The molecular formula is C17H19NO. The fourth-order valence-corrected chi connectivity index (χ4v) is 2.43.